The fourth-order valence-electron chi connectivity index (χ4n) is 3.41. The van der Waals surface area contributed by atoms with Gasteiger partial charge in [-0.1, -0.05) is 0 Å². The van der Waals surface area contributed by atoms with Crippen LogP contribution in [0.1, 0.15) is 25.1 Å². The van der Waals surface area contributed by atoms with Gasteiger partial charge >= 0.3 is 0 Å². The highest BCUT2D eigenvalue weighted by atomic mass is 32.1. The van der Waals surface area contributed by atoms with Gasteiger partial charge in [0.05, 0.1) is 6.20 Å². The highest BCUT2D eigenvalue weighted by Gasteiger charge is 2.31. The molecule has 0 aromatic carbocycles. The molecule has 1 amide bonds. The first-order valence-corrected chi connectivity index (χ1v) is 9.70. The number of hydrogen-bond acceptors (Lipinski definition) is 7. The van der Waals surface area contributed by atoms with Crippen molar-refractivity contribution >= 4 is 33.3 Å². The van der Waals surface area contributed by atoms with Crippen molar-refractivity contribution in [3.8, 4) is 5.88 Å². The zero-order valence-corrected chi connectivity index (χ0v) is 16.4. The van der Waals surface area contributed by atoms with Crippen LogP contribution in [0.2, 0.25) is 0 Å². The molecule has 1 fully saturated rings. The Balaban J connectivity index is 1.38. The van der Waals surface area contributed by atoms with Gasteiger partial charge in [0.1, 0.15) is 11.6 Å². The molecule has 9 heteroatoms. The number of nitrogens with zero attached hydrogens (tertiary/aromatic N) is 5. The third-order valence-corrected chi connectivity index (χ3v) is 5.53. The number of thiazole rings is 1. The average Bonchev–Trinajstić information content (AvgIpc) is 3.26. The molecule has 4 rings (SSSR count). The van der Waals surface area contributed by atoms with Gasteiger partial charge in [-0.25, -0.2) is 9.97 Å². The normalized spacial score (nSPS) is 20.3. The molecule has 8 nitrogen and oxygen atoms in total. The minimum absolute atomic E-state index is 0.100. The van der Waals surface area contributed by atoms with Crippen LogP contribution >= 0.6 is 11.3 Å². The number of fused-ring (bicyclic) bond motifs is 1. The summed E-state index contributed by atoms with van der Waals surface area (Å²) in [6.45, 7) is 5.33. The molecule has 27 heavy (non-hydrogen) atoms. The summed E-state index contributed by atoms with van der Waals surface area (Å²) in [7, 11) is 1.90. The summed E-state index contributed by atoms with van der Waals surface area (Å²) >= 11 is 1.51. The van der Waals surface area contributed by atoms with Crippen molar-refractivity contribution < 1.29 is 9.53 Å². The van der Waals surface area contributed by atoms with Crippen molar-refractivity contribution in [1.82, 2.24) is 24.6 Å². The van der Waals surface area contributed by atoms with Gasteiger partial charge in [0.25, 0.3) is 0 Å². The molecule has 3 aromatic rings. The molecule has 0 spiro atoms. The molecule has 0 bridgehead atoms. The number of ether oxygens (including phenoxy) is 1. The van der Waals surface area contributed by atoms with Crippen LogP contribution in [-0.2, 0) is 18.4 Å². The van der Waals surface area contributed by atoms with E-state index in [0.717, 1.165) is 35.3 Å². The van der Waals surface area contributed by atoms with Crippen LogP contribution in [0.4, 0.5) is 5.13 Å². The second-order valence-electron chi connectivity index (χ2n) is 6.95. The molecule has 1 saturated heterocycles. The van der Waals surface area contributed by atoms with E-state index in [-0.39, 0.29) is 12.0 Å². The van der Waals surface area contributed by atoms with E-state index in [9.17, 15) is 4.79 Å². The van der Waals surface area contributed by atoms with E-state index in [1.807, 2.05) is 25.5 Å². The van der Waals surface area contributed by atoms with E-state index in [1.54, 1.807) is 10.9 Å². The van der Waals surface area contributed by atoms with Crippen molar-refractivity contribution in [3.63, 3.8) is 0 Å². The Bertz CT molecular complexity index is 968. The maximum absolute atomic E-state index is 11.1. The fraction of sp³-hybridized carbons (Fsp3) is 0.444. The van der Waals surface area contributed by atoms with Crippen molar-refractivity contribution in [3.05, 3.63) is 29.5 Å². The zero-order chi connectivity index (χ0) is 19.0. The molecular formula is C18H22N6O2S. The van der Waals surface area contributed by atoms with Gasteiger partial charge in [0.15, 0.2) is 5.13 Å². The molecule has 0 radical (unpaired) electrons. The third kappa shape index (κ3) is 4.09. The Hall–Kier alpha value is -2.52. The summed E-state index contributed by atoms with van der Waals surface area (Å²) in [5.41, 5.74) is 0.867. The second-order valence-corrected chi connectivity index (χ2v) is 8.07. The summed E-state index contributed by atoms with van der Waals surface area (Å²) in [5.74, 6) is 0.539. The quantitative estimate of drug-likeness (QED) is 0.725. The average molecular weight is 386 g/mol. The minimum Gasteiger partial charge on any atom is -0.473 e. The molecule has 4 heterocycles. The number of hydrogen-bond donors (Lipinski definition) is 1. The van der Waals surface area contributed by atoms with Gasteiger partial charge in [-0.2, -0.15) is 5.10 Å². The summed E-state index contributed by atoms with van der Waals surface area (Å²) in [5, 5.41) is 8.74. The number of anilines is 1. The lowest BCUT2D eigenvalue weighted by molar-refractivity contribution is -0.114. The molecule has 0 saturated carbocycles. The molecule has 1 N–H and O–H groups in total. The van der Waals surface area contributed by atoms with Crippen molar-refractivity contribution in [2.75, 3.05) is 11.9 Å². The van der Waals surface area contributed by atoms with E-state index >= 15 is 0 Å². The number of carbonyl (C=O) groups is 1. The van der Waals surface area contributed by atoms with Gasteiger partial charge in [0.2, 0.25) is 11.8 Å². The SMILES string of the molecule is CC(=O)Nc1ncc(CN2CC(Oc3cc4cn(C)nc4cn3)C[C@@H]2C)s1. The summed E-state index contributed by atoms with van der Waals surface area (Å²) in [6, 6.07) is 2.35. The molecular weight excluding hydrogens is 364 g/mol. The predicted molar refractivity (Wildman–Crippen MR) is 104 cm³/mol. The topological polar surface area (TPSA) is 85.2 Å². The largest absolute Gasteiger partial charge is 0.473 e. The first-order chi connectivity index (χ1) is 13.0. The number of carbonyl (C=O) groups excluding carboxylic acids is 1. The van der Waals surface area contributed by atoms with Gasteiger partial charge in [-0.3, -0.25) is 14.4 Å². The van der Waals surface area contributed by atoms with Crippen LogP contribution in [-0.4, -0.2) is 49.2 Å². The van der Waals surface area contributed by atoms with Gasteiger partial charge in [-0.15, -0.1) is 11.3 Å². The van der Waals surface area contributed by atoms with E-state index in [0.29, 0.717) is 17.1 Å². The number of amides is 1. The maximum atomic E-state index is 11.1. The Morgan fingerprint density at radius 2 is 2.26 bits per heavy atom. The Morgan fingerprint density at radius 3 is 3.07 bits per heavy atom. The monoisotopic (exact) mass is 386 g/mol. The number of aryl methyl sites for hydroxylation is 1. The van der Waals surface area contributed by atoms with Gasteiger partial charge < -0.3 is 10.1 Å². The van der Waals surface area contributed by atoms with Gasteiger partial charge in [-0.05, 0) is 6.92 Å². The Labute approximate surface area is 161 Å². The molecule has 1 aliphatic rings. The lowest BCUT2D eigenvalue weighted by atomic mass is 10.2. The lowest BCUT2D eigenvalue weighted by Gasteiger charge is -2.19. The van der Waals surface area contributed by atoms with Crippen LogP contribution in [0.5, 0.6) is 5.88 Å². The standard InChI is InChI=1S/C18H22N6O2S/c1-11-4-14(26-17-5-13-8-23(3)22-16(13)7-19-17)9-24(11)10-15-6-20-18(27-15)21-12(2)25/h5-8,11,14H,4,9-10H2,1-3H3,(H,20,21,25)/t11-,14?/m0/s1. The van der Waals surface area contributed by atoms with Crippen LogP contribution in [0, 0.1) is 0 Å². The Kier molecular flexibility index (Phi) is 4.79. The maximum Gasteiger partial charge on any atom is 0.223 e. The van der Waals surface area contributed by atoms with Crippen LogP contribution in [0.25, 0.3) is 10.9 Å². The number of nitrogens with one attached hydrogen (secondary N) is 1. The third-order valence-electron chi connectivity index (χ3n) is 4.63. The first-order valence-electron chi connectivity index (χ1n) is 8.88. The van der Waals surface area contributed by atoms with Crippen molar-refractivity contribution in [2.24, 2.45) is 7.05 Å². The number of likely N-dealkylation sites (tertiary alicyclic amines) is 1. The molecule has 2 atom stereocenters. The molecule has 1 aliphatic heterocycles. The second kappa shape index (κ2) is 7.24. The van der Waals surface area contributed by atoms with Crippen molar-refractivity contribution in [2.45, 2.75) is 39.0 Å². The lowest BCUT2D eigenvalue weighted by Crippen LogP contribution is -2.27. The first kappa shape index (κ1) is 17.9. The van der Waals surface area contributed by atoms with Crippen LogP contribution < -0.4 is 10.1 Å². The van der Waals surface area contributed by atoms with Gasteiger partial charge in [0, 0.05) is 68.2 Å². The van der Waals surface area contributed by atoms with E-state index in [4.69, 9.17) is 4.74 Å². The zero-order valence-electron chi connectivity index (χ0n) is 15.5. The molecule has 0 aliphatic carbocycles. The highest BCUT2D eigenvalue weighted by molar-refractivity contribution is 7.15. The summed E-state index contributed by atoms with van der Waals surface area (Å²) in [6.07, 6.45) is 6.59. The number of rotatable bonds is 5. The molecule has 1 unspecified atom stereocenters. The minimum atomic E-state index is -0.100. The molecule has 142 valence electrons. The van der Waals surface area contributed by atoms with Crippen LogP contribution in [0.3, 0.4) is 0 Å². The highest BCUT2D eigenvalue weighted by Crippen LogP contribution is 2.27. The molecule has 3 aromatic heterocycles. The van der Waals surface area contributed by atoms with E-state index in [2.05, 4.69) is 32.2 Å². The summed E-state index contributed by atoms with van der Waals surface area (Å²) < 4.78 is 7.91. The smallest absolute Gasteiger partial charge is 0.223 e. The van der Waals surface area contributed by atoms with Crippen molar-refractivity contribution in [1.29, 1.82) is 0 Å². The van der Waals surface area contributed by atoms with E-state index in [1.165, 1.54) is 18.3 Å². The fourth-order valence-corrected chi connectivity index (χ4v) is 4.29. The van der Waals surface area contributed by atoms with Crippen LogP contribution in [0.15, 0.2) is 24.7 Å². The summed E-state index contributed by atoms with van der Waals surface area (Å²) in [4.78, 5) is 23.3. The number of aromatic nitrogens is 4. The predicted octanol–water partition coefficient (Wildman–Crippen LogP) is 2.43. The Morgan fingerprint density at radius 1 is 1.41 bits per heavy atom. The van der Waals surface area contributed by atoms with E-state index < -0.39 is 0 Å². The number of pyridine rings is 1.